The maximum atomic E-state index is 5.82. The minimum atomic E-state index is 0.323. The molecule has 1 atom stereocenters. The van der Waals surface area contributed by atoms with E-state index in [0.29, 0.717) is 11.9 Å². The second-order valence-corrected chi connectivity index (χ2v) is 4.53. The number of methoxy groups -OCH3 is 1. The van der Waals surface area contributed by atoms with Crippen molar-refractivity contribution in [3.05, 3.63) is 0 Å². The summed E-state index contributed by atoms with van der Waals surface area (Å²) >= 11 is 5.82. The standard InChI is InChI=1S/C11H22ClNO/c1-14-9-11(7-12)13-8-10-5-3-2-4-6-10/h10-11,13H,2-9H2,1H3. The first-order valence-corrected chi connectivity index (χ1v) is 6.18. The summed E-state index contributed by atoms with van der Waals surface area (Å²) in [5, 5.41) is 3.48. The van der Waals surface area contributed by atoms with Crippen LogP contribution in [-0.4, -0.2) is 32.2 Å². The first-order valence-electron chi connectivity index (χ1n) is 5.65. The lowest BCUT2D eigenvalue weighted by atomic mass is 9.89. The Morgan fingerprint density at radius 1 is 1.36 bits per heavy atom. The zero-order valence-corrected chi connectivity index (χ0v) is 9.85. The molecular formula is C11H22ClNO. The van der Waals surface area contributed by atoms with E-state index in [9.17, 15) is 0 Å². The maximum absolute atomic E-state index is 5.82. The molecular weight excluding hydrogens is 198 g/mol. The Morgan fingerprint density at radius 3 is 2.64 bits per heavy atom. The Kier molecular flexibility index (Phi) is 6.57. The summed E-state index contributed by atoms with van der Waals surface area (Å²) in [4.78, 5) is 0. The lowest BCUT2D eigenvalue weighted by molar-refractivity contribution is 0.169. The van der Waals surface area contributed by atoms with Crippen molar-refractivity contribution in [3.63, 3.8) is 0 Å². The van der Waals surface area contributed by atoms with E-state index >= 15 is 0 Å². The predicted octanol–water partition coefficient (Wildman–Crippen LogP) is 2.41. The van der Waals surface area contributed by atoms with E-state index in [1.54, 1.807) is 7.11 Å². The van der Waals surface area contributed by atoms with Crippen molar-refractivity contribution in [2.24, 2.45) is 5.92 Å². The molecule has 1 saturated carbocycles. The third-order valence-electron chi connectivity index (χ3n) is 2.97. The van der Waals surface area contributed by atoms with Crippen molar-refractivity contribution < 1.29 is 4.74 Å². The van der Waals surface area contributed by atoms with Crippen molar-refractivity contribution in [3.8, 4) is 0 Å². The van der Waals surface area contributed by atoms with Crippen LogP contribution in [0.5, 0.6) is 0 Å². The van der Waals surface area contributed by atoms with E-state index in [4.69, 9.17) is 16.3 Å². The Labute approximate surface area is 92.3 Å². The molecule has 2 nitrogen and oxygen atoms in total. The SMILES string of the molecule is COCC(CCl)NCC1CCCCC1. The van der Waals surface area contributed by atoms with Gasteiger partial charge in [0.1, 0.15) is 0 Å². The molecule has 3 heteroatoms. The van der Waals surface area contributed by atoms with Crippen molar-refractivity contribution >= 4 is 11.6 Å². The second-order valence-electron chi connectivity index (χ2n) is 4.22. The quantitative estimate of drug-likeness (QED) is 0.693. The Hall–Kier alpha value is 0.210. The van der Waals surface area contributed by atoms with Gasteiger partial charge in [0.15, 0.2) is 0 Å². The summed E-state index contributed by atoms with van der Waals surface area (Å²) in [6.07, 6.45) is 7.00. The van der Waals surface area contributed by atoms with Crippen LogP contribution < -0.4 is 5.32 Å². The molecule has 1 N–H and O–H groups in total. The summed E-state index contributed by atoms with van der Waals surface area (Å²) < 4.78 is 5.09. The molecule has 14 heavy (non-hydrogen) atoms. The van der Waals surface area contributed by atoms with Crippen molar-refractivity contribution in [2.45, 2.75) is 38.1 Å². The number of halogens is 1. The molecule has 0 aromatic heterocycles. The summed E-state index contributed by atoms with van der Waals surface area (Å²) in [5.41, 5.74) is 0. The molecule has 0 saturated heterocycles. The molecule has 1 aliphatic rings. The molecule has 84 valence electrons. The van der Waals surface area contributed by atoms with E-state index in [0.717, 1.165) is 19.1 Å². The third kappa shape index (κ3) is 4.63. The van der Waals surface area contributed by atoms with Crippen molar-refractivity contribution in [1.29, 1.82) is 0 Å². The first kappa shape index (κ1) is 12.3. The van der Waals surface area contributed by atoms with Crippen LogP contribution in [-0.2, 0) is 4.74 Å². The molecule has 0 heterocycles. The summed E-state index contributed by atoms with van der Waals surface area (Å²) in [7, 11) is 1.72. The molecule has 0 aromatic rings. The van der Waals surface area contributed by atoms with Gasteiger partial charge in [0.2, 0.25) is 0 Å². The van der Waals surface area contributed by atoms with E-state index < -0.39 is 0 Å². The fraction of sp³-hybridized carbons (Fsp3) is 1.00. The summed E-state index contributed by atoms with van der Waals surface area (Å²) in [6, 6.07) is 0.323. The molecule has 1 rings (SSSR count). The minimum Gasteiger partial charge on any atom is -0.383 e. The largest absolute Gasteiger partial charge is 0.383 e. The van der Waals surface area contributed by atoms with Gasteiger partial charge in [-0.15, -0.1) is 11.6 Å². The average Bonchev–Trinajstić information content (AvgIpc) is 2.25. The van der Waals surface area contributed by atoms with Crippen LogP contribution in [0.15, 0.2) is 0 Å². The maximum Gasteiger partial charge on any atom is 0.0627 e. The second kappa shape index (κ2) is 7.49. The Morgan fingerprint density at radius 2 is 2.07 bits per heavy atom. The van der Waals surface area contributed by atoms with Gasteiger partial charge < -0.3 is 10.1 Å². The lowest BCUT2D eigenvalue weighted by Gasteiger charge is -2.24. The van der Waals surface area contributed by atoms with Gasteiger partial charge in [-0.2, -0.15) is 0 Å². The van der Waals surface area contributed by atoms with Crippen LogP contribution in [0.4, 0.5) is 0 Å². The number of ether oxygens (including phenoxy) is 1. The van der Waals surface area contributed by atoms with Crippen LogP contribution in [0.25, 0.3) is 0 Å². The highest BCUT2D eigenvalue weighted by Crippen LogP contribution is 2.22. The number of hydrogen-bond acceptors (Lipinski definition) is 2. The number of rotatable bonds is 6. The molecule has 1 unspecified atom stereocenters. The van der Waals surface area contributed by atoms with Gasteiger partial charge in [-0.25, -0.2) is 0 Å². The van der Waals surface area contributed by atoms with Crippen LogP contribution in [0.1, 0.15) is 32.1 Å². The van der Waals surface area contributed by atoms with E-state index in [1.165, 1.54) is 32.1 Å². The van der Waals surface area contributed by atoms with Gasteiger partial charge in [0.25, 0.3) is 0 Å². The number of alkyl halides is 1. The zero-order valence-electron chi connectivity index (χ0n) is 9.10. The van der Waals surface area contributed by atoms with Crippen molar-refractivity contribution in [1.82, 2.24) is 5.32 Å². The Balaban J connectivity index is 2.10. The molecule has 0 bridgehead atoms. The van der Waals surface area contributed by atoms with Crippen LogP contribution in [0.3, 0.4) is 0 Å². The first-order chi connectivity index (χ1) is 6.86. The smallest absolute Gasteiger partial charge is 0.0627 e. The molecule has 0 spiro atoms. The van der Waals surface area contributed by atoms with Gasteiger partial charge in [-0.05, 0) is 25.3 Å². The monoisotopic (exact) mass is 219 g/mol. The predicted molar refractivity (Wildman–Crippen MR) is 61.0 cm³/mol. The highest BCUT2D eigenvalue weighted by molar-refractivity contribution is 6.18. The third-order valence-corrected chi connectivity index (χ3v) is 3.35. The number of hydrogen-bond donors (Lipinski definition) is 1. The molecule has 0 aliphatic heterocycles. The van der Waals surface area contributed by atoms with Crippen LogP contribution in [0, 0.1) is 5.92 Å². The normalized spacial score (nSPS) is 21.0. The van der Waals surface area contributed by atoms with Gasteiger partial charge in [-0.1, -0.05) is 19.3 Å². The van der Waals surface area contributed by atoms with E-state index in [-0.39, 0.29) is 0 Å². The van der Waals surface area contributed by atoms with Gasteiger partial charge in [0, 0.05) is 19.0 Å². The van der Waals surface area contributed by atoms with E-state index in [2.05, 4.69) is 5.32 Å². The zero-order chi connectivity index (χ0) is 10.2. The fourth-order valence-electron chi connectivity index (χ4n) is 2.08. The molecule has 0 aromatic carbocycles. The highest BCUT2D eigenvalue weighted by atomic mass is 35.5. The topological polar surface area (TPSA) is 21.3 Å². The van der Waals surface area contributed by atoms with Gasteiger partial charge >= 0.3 is 0 Å². The Bertz CT molecular complexity index is 132. The molecule has 0 radical (unpaired) electrons. The van der Waals surface area contributed by atoms with Crippen molar-refractivity contribution in [2.75, 3.05) is 26.1 Å². The molecule has 1 aliphatic carbocycles. The number of nitrogens with one attached hydrogen (secondary N) is 1. The minimum absolute atomic E-state index is 0.323. The van der Waals surface area contributed by atoms with Gasteiger partial charge in [-0.3, -0.25) is 0 Å². The summed E-state index contributed by atoms with van der Waals surface area (Å²) in [6.45, 7) is 1.83. The average molecular weight is 220 g/mol. The van der Waals surface area contributed by atoms with Crippen LogP contribution >= 0.6 is 11.6 Å². The molecule has 0 amide bonds. The molecule has 1 fully saturated rings. The highest BCUT2D eigenvalue weighted by Gasteiger charge is 2.14. The van der Waals surface area contributed by atoms with E-state index in [1.807, 2.05) is 0 Å². The van der Waals surface area contributed by atoms with Gasteiger partial charge in [0.05, 0.1) is 6.61 Å². The lowest BCUT2D eigenvalue weighted by Crippen LogP contribution is -2.38. The summed E-state index contributed by atoms with van der Waals surface area (Å²) in [5.74, 6) is 1.51. The fourth-order valence-corrected chi connectivity index (χ4v) is 2.28. The van der Waals surface area contributed by atoms with Crippen LogP contribution in [0.2, 0.25) is 0 Å².